The third-order valence-electron chi connectivity index (χ3n) is 0.750. The molecule has 0 bridgehead atoms. The summed E-state index contributed by atoms with van der Waals surface area (Å²) in [6.07, 6.45) is 0. The third kappa shape index (κ3) is 3.40. The van der Waals surface area contributed by atoms with Crippen molar-refractivity contribution in [3.8, 4) is 0 Å². The highest BCUT2D eigenvalue weighted by molar-refractivity contribution is 7.81. The van der Waals surface area contributed by atoms with Crippen LogP contribution in [0.5, 0.6) is 0 Å². The van der Waals surface area contributed by atoms with Crippen molar-refractivity contribution < 1.29 is 9.47 Å². The summed E-state index contributed by atoms with van der Waals surface area (Å²) in [6.45, 7) is 4.54. The van der Waals surface area contributed by atoms with E-state index >= 15 is 0 Å². The Morgan fingerprint density at radius 3 is 2.20 bits per heavy atom. The fourth-order valence-electron chi connectivity index (χ4n) is 0.400. The highest BCUT2D eigenvalue weighted by atomic mass is 32.1. The van der Waals surface area contributed by atoms with E-state index in [1.165, 1.54) is 0 Å². The maximum atomic E-state index is 7.11. The van der Waals surface area contributed by atoms with Gasteiger partial charge >= 0.3 is 0 Å². The number of nitrogens with one attached hydrogen (secondary N) is 1. The average molecular weight is 161 g/mol. The van der Waals surface area contributed by atoms with Crippen LogP contribution < -0.4 is 0 Å². The second-order valence-corrected chi connectivity index (χ2v) is 1.85. The number of thiocarbonyl (C=S) groups is 1. The van der Waals surface area contributed by atoms with E-state index in [-0.39, 0.29) is 10.9 Å². The molecule has 4 heteroatoms. The van der Waals surface area contributed by atoms with Gasteiger partial charge in [-0.2, -0.15) is 0 Å². The minimum atomic E-state index is -0.0562. The van der Waals surface area contributed by atoms with Crippen molar-refractivity contribution >= 4 is 23.2 Å². The molecule has 1 N–H and O–H groups in total. The molecule has 0 amide bonds. The van der Waals surface area contributed by atoms with E-state index in [0.29, 0.717) is 13.2 Å². The summed E-state index contributed by atoms with van der Waals surface area (Å²) in [5, 5.41) is 7.24. The van der Waals surface area contributed by atoms with Crippen LogP contribution in [0.15, 0.2) is 0 Å². The minimum Gasteiger partial charge on any atom is -0.480 e. The smallest absolute Gasteiger partial charge is 0.261 e. The summed E-state index contributed by atoms with van der Waals surface area (Å²) >= 11 is 4.67. The fourth-order valence-corrected chi connectivity index (χ4v) is 0.577. The molecule has 0 aliphatic carbocycles. The Bertz CT molecular complexity index is 120. The van der Waals surface area contributed by atoms with E-state index in [1.54, 1.807) is 6.92 Å². The second-order valence-electron chi connectivity index (χ2n) is 1.48. The first-order chi connectivity index (χ1) is 4.72. The standard InChI is InChI=1S/C6H11NO2S/c1-3-8-5(7)6(10)9-4-2/h7H,3-4H2,1-2H3. The summed E-state index contributed by atoms with van der Waals surface area (Å²) in [5.74, 6) is -0.0562. The third-order valence-corrected chi connectivity index (χ3v) is 1.05. The van der Waals surface area contributed by atoms with E-state index in [1.807, 2.05) is 6.92 Å². The molecule has 0 spiro atoms. The maximum Gasteiger partial charge on any atom is 0.261 e. The van der Waals surface area contributed by atoms with Crippen LogP contribution in [0.2, 0.25) is 0 Å². The van der Waals surface area contributed by atoms with Crippen LogP contribution in [0.3, 0.4) is 0 Å². The number of hydrogen-bond acceptors (Lipinski definition) is 4. The highest BCUT2D eigenvalue weighted by Gasteiger charge is 2.04. The first-order valence-electron chi connectivity index (χ1n) is 3.10. The van der Waals surface area contributed by atoms with Crippen LogP contribution in [0.25, 0.3) is 0 Å². The van der Waals surface area contributed by atoms with Gasteiger partial charge in [-0.05, 0) is 26.1 Å². The van der Waals surface area contributed by atoms with Crippen LogP contribution in [0.4, 0.5) is 0 Å². The SMILES string of the molecule is CCOC(=N)C(=S)OCC. The van der Waals surface area contributed by atoms with Gasteiger partial charge in [-0.3, -0.25) is 5.41 Å². The zero-order valence-electron chi connectivity index (χ0n) is 6.14. The predicted molar refractivity (Wildman–Crippen MR) is 43.6 cm³/mol. The van der Waals surface area contributed by atoms with Crippen LogP contribution in [0, 0.1) is 5.41 Å². The van der Waals surface area contributed by atoms with Gasteiger partial charge in [0.05, 0.1) is 13.2 Å². The number of hydrogen-bond donors (Lipinski definition) is 1. The summed E-state index contributed by atoms with van der Waals surface area (Å²) in [6, 6.07) is 0. The molecule has 0 atom stereocenters. The van der Waals surface area contributed by atoms with Gasteiger partial charge in [0, 0.05) is 0 Å². The van der Waals surface area contributed by atoms with Gasteiger partial charge < -0.3 is 9.47 Å². The quantitative estimate of drug-likeness (QED) is 0.378. The summed E-state index contributed by atoms with van der Waals surface area (Å²) < 4.78 is 9.61. The molecule has 0 aromatic heterocycles. The van der Waals surface area contributed by atoms with E-state index in [4.69, 9.17) is 14.9 Å². The lowest BCUT2D eigenvalue weighted by Gasteiger charge is -2.05. The van der Waals surface area contributed by atoms with Gasteiger partial charge in [-0.1, -0.05) is 0 Å². The van der Waals surface area contributed by atoms with Crippen molar-refractivity contribution in [2.75, 3.05) is 13.2 Å². The Labute approximate surface area is 65.8 Å². The van der Waals surface area contributed by atoms with Crippen molar-refractivity contribution in [1.82, 2.24) is 0 Å². The number of ether oxygens (including phenoxy) is 2. The van der Waals surface area contributed by atoms with E-state index in [0.717, 1.165) is 0 Å². The molecule has 0 unspecified atom stereocenters. The molecule has 0 fully saturated rings. The first kappa shape index (κ1) is 9.36. The Morgan fingerprint density at radius 1 is 1.30 bits per heavy atom. The van der Waals surface area contributed by atoms with Crippen molar-refractivity contribution in [3.05, 3.63) is 0 Å². The zero-order chi connectivity index (χ0) is 7.98. The van der Waals surface area contributed by atoms with Crippen LogP contribution in [0.1, 0.15) is 13.8 Å². The molecule has 10 heavy (non-hydrogen) atoms. The molecule has 0 radical (unpaired) electrons. The molecule has 0 saturated carbocycles. The highest BCUT2D eigenvalue weighted by Crippen LogP contribution is 1.87. The molecular formula is C6H11NO2S. The molecule has 0 aromatic carbocycles. The lowest BCUT2D eigenvalue weighted by molar-refractivity contribution is 0.299. The summed E-state index contributed by atoms with van der Waals surface area (Å²) in [4.78, 5) is 0. The van der Waals surface area contributed by atoms with Crippen molar-refractivity contribution in [1.29, 1.82) is 5.41 Å². The molecule has 0 aliphatic rings. The zero-order valence-corrected chi connectivity index (χ0v) is 6.96. The Kier molecular flexibility index (Phi) is 4.84. The molecule has 0 aliphatic heterocycles. The topological polar surface area (TPSA) is 42.3 Å². The van der Waals surface area contributed by atoms with Crippen molar-refractivity contribution in [2.45, 2.75) is 13.8 Å². The van der Waals surface area contributed by atoms with Gasteiger partial charge in [0.2, 0.25) is 5.05 Å². The van der Waals surface area contributed by atoms with Gasteiger partial charge in [0.25, 0.3) is 5.90 Å². The van der Waals surface area contributed by atoms with Crippen LogP contribution in [-0.2, 0) is 9.47 Å². The number of rotatable bonds is 2. The Morgan fingerprint density at radius 2 is 1.80 bits per heavy atom. The summed E-state index contributed by atoms with van der Waals surface area (Å²) in [5.41, 5.74) is 0. The second kappa shape index (κ2) is 5.17. The fraction of sp³-hybridized carbons (Fsp3) is 0.667. The Balaban J connectivity index is 3.60. The van der Waals surface area contributed by atoms with Gasteiger partial charge in [0.15, 0.2) is 0 Å². The summed E-state index contributed by atoms with van der Waals surface area (Å²) in [7, 11) is 0. The van der Waals surface area contributed by atoms with Crippen molar-refractivity contribution in [3.63, 3.8) is 0 Å². The lowest BCUT2D eigenvalue weighted by Crippen LogP contribution is -2.17. The minimum absolute atomic E-state index is 0.0562. The monoisotopic (exact) mass is 161 g/mol. The largest absolute Gasteiger partial charge is 0.480 e. The average Bonchev–Trinajstić information content (AvgIpc) is 1.89. The van der Waals surface area contributed by atoms with Crippen LogP contribution in [-0.4, -0.2) is 24.2 Å². The van der Waals surface area contributed by atoms with Crippen LogP contribution >= 0.6 is 12.2 Å². The maximum absolute atomic E-state index is 7.11. The molecule has 3 nitrogen and oxygen atoms in total. The molecular weight excluding hydrogens is 150 g/mol. The molecule has 0 saturated heterocycles. The van der Waals surface area contributed by atoms with Gasteiger partial charge in [0.1, 0.15) is 0 Å². The Hall–Kier alpha value is -0.640. The molecule has 0 aromatic rings. The molecule has 0 heterocycles. The van der Waals surface area contributed by atoms with E-state index in [9.17, 15) is 0 Å². The lowest BCUT2D eigenvalue weighted by atomic mass is 10.7. The van der Waals surface area contributed by atoms with Gasteiger partial charge in [-0.15, -0.1) is 0 Å². The normalized spacial score (nSPS) is 8.60. The van der Waals surface area contributed by atoms with Crippen molar-refractivity contribution in [2.24, 2.45) is 0 Å². The van der Waals surface area contributed by atoms with Gasteiger partial charge in [-0.25, -0.2) is 0 Å². The first-order valence-corrected chi connectivity index (χ1v) is 3.51. The predicted octanol–water partition coefficient (Wildman–Crippen LogP) is 1.36. The van der Waals surface area contributed by atoms with E-state index < -0.39 is 0 Å². The molecule has 0 rings (SSSR count). The van der Waals surface area contributed by atoms with E-state index in [2.05, 4.69) is 12.2 Å². The molecule has 58 valence electrons.